The zero-order valence-electron chi connectivity index (χ0n) is 15.0. The van der Waals surface area contributed by atoms with Crippen LogP contribution in [0.2, 0.25) is 0 Å². The van der Waals surface area contributed by atoms with Gasteiger partial charge in [0, 0.05) is 37.7 Å². The van der Waals surface area contributed by atoms with E-state index in [1.54, 1.807) is 13.0 Å². The lowest BCUT2D eigenvalue weighted by molar-refractivity contribution is -0.125. The lowest BCUT2D eigenvalue weighted by Gasteiger charge is -2.14. The van der Waals surface area contributed by atoms with Gasteiger partial charge in [-0.2, -0.15) is 0 Å². The van der Waals surface area contributed by atoms with E-state index in [-0.39, 0.29) is 42.9 Å². The highest BCUT2D eigenvalue weighted by Crippen LogP contribution is 2.18. The van der Waals surface area contributed by atoms with Crippen molar-refractivity contribution in [2.75, 3.05) is 26.3 Å². The molecule has 2 rings (SSSR count). The van der Waals surface area contributed by atoms with Crippen molar-refractivity contribution in [2.45, 2.75) is 32.4 Å². The number of rotatable bonds is 9. The molecule has 1 saturated heterocycles. The molecular weight excluding hydrogens is 358 g/mol. The fraction of sp³-hybridized carbons (Fsp3) is 0.556. The Balaban J connectivity index is 0.00000338. The molecular formula is C18H28ClN3O4. The van der Waals surface area contributed by atoms with Crippen LogP contribution in [0.4, 0.5) is 0 Å². The molecule has 2 atom stereocenters. The van der Waals surface area contributed by atoms with Crippen LogP contribution < -0.4 is 21.1 Å². The van der Waals surface area contributed by atoms with Crippen molar-refractivity contribution in [1.82, 2.24) is 10.6 Å². The maximum Gasteiger partial charge on any atom is 0.258 e. The Morgan fingerprint density at radius 3 is 2.81 bits per heavy atom. The van der Waals surface area contributed by atoms with E-state index in [4.69, 9.17) is 15.2 Å². The molecule has 0 radical (unpaired) electrons. The molecule has 26 heavy (non-hydrogen) atoms. The highest BCUT2D eigenvalue weighted by atomic mass is 35.5. The van der Waals surface area contributed by atoms with E-state index in [0.29, 0.717) is 25.4 Å². The molecule has 1 aliphatic heterocycles. The quantitative estimate of drug-likeness (QED) is 0.588. The molecule has 0 aromatic heterocycles. The second-order valence-corrected chi connectivity index (χ2v) is 6.19. The van der Waals surface area contributed by atoms with Crippen LogP contribution in [0.3, 0.4) is 0 Å². The minimum atomic E-state index is -0.239. The summed E-state index contributed by atoms with van der Waals surface area (Å²) in [4.78, 5) is 23.7. The van der Waals surface area contributed by atoms with Crippen molar-refractivity contribution >= 4 is 24.2 Å². The lowest BCUT2D eigenvalue weighted by Crippen LogP contribution is -2.35. The summed E-state index contributed by atoms with van der Waals surface area (Å²) < 4.78 is 11.1. The van der Waals surface area contributed by atoms with Crippen LogP contribution in [0.1, 0.15) is 25.3 Å². The van der Waals surface area contributed by atoms with Gasteiger partial charge >= 0.3 is 0 Å². The third kappa shape index (κ3) is 7.19. The molecule has 0 saturated carbocycles. The van der Waals surface area contributed by atoms with Crippen LogP contribution in [-0.2, 0) is 20.9 Å². The molecule has 2 amide bonds. The molecule has 8 heteroatoms. The second kappa shape index (κ2) is 11.7. The predicted octanol–water partition coefficient (Wildman–Crippen LogP) is 0.993. The average Bonchev–Trinajstić information content (AvgIpc) is 3.16. The van der Waals surface area contributed by atoms with Crippen LogP contribution in [0.15, 0.2) is 24.3 Å². The van der Waals surface area contributed by atoms with E-state index in [1.807, 2.05) is 18.2 Å². The molecule has 4 N–H and O–H groups in total. The summed E-state index contributed by atoms with van der Waals surface area (Å²) >= 11 is 0. The molecule has 0 spiro atoms. The third-order valence-electron chi connectivity index (χ3n) is 4.14. The van der Waals surface area contributed by atoms with E-state index in [1.165, 1.54) is 0 Å². The van der Waals surface area contributed by atoms with Gasteiger partial charge in [-0.25, -0.2) is 0 Å². The SMILES string of the molecule is CC(CN)C(=O)NCc1ccccc1OCC(=O)NCC1CCCO1.Cl. The minimum Gasteiger partial charge on any atom is -0.483 e. The number of nitrogens with two attached hydrogens (primary N) is 1. The summed E-state index contributed by atoms with van der Waals surface area (Å²) in [7, 11) is 0. The minimum absolute atomic E-state index is 0. The molecule has 0 aliphatic carbocycles. The molecule has 1 fully saturated rings. The Morgan fingerprint density at radius 1 is 1.35 bits per heavy atom. The number of nitrogens with one attached hydrogen (secondary N) is 2. The number of ether oxygens (including phenoxy) is 2. The molecule has 146 valence electrons. The Bertz CT molecular complexity index is 579. The topological polar surface area (TPSA) is 103 Å². The Labute approximate surface area is 160 Å². The first-order valence-electron chi connectivity index (χ1n) is 8.67. The van der Waals surface area contributed by atoms with Gasteiger partial charge in [-0.15, -0.1) is 12.4 Å². The van der Waals surface area contributed by atoms with Crippen LogP contribution in [0.5, 0.6) is 5.75 Å². The Hall–Kier alpha value is -1.83. The van der Waals surface area contributed by atoms with Crippen molar-refractivity contribution in [3.63, 3.8) is 0 Å². The van der Waals surface area contributed by atoms with Gasteiger partial charge in [0.2, 0.25) is 5.91 Å². The number of halogens is 1. The normalized spacial score (nSPS) is 17.1. The molecule has 7 nitrogen and oxygen atoms in total. The number of carbonyl (C=O) groups is 2. The standard InChI is InChI=1S/C18H27N3O4.ClH/c1-13(9-19)18(23)21-10-14-5-2-3-7-16(14)25-12-17(22)20-11-15-6-4-8-24-15;/h2-3,5,7,13,15H,4,6,8-12,19H2,1H3,(H,20,22)(H,21,23);1H. The van der Waals surface area contributed by atoms with Gasteiger partial charge in [-0.1, -0.05) is 25.1 Å². The molecule has 0 bridgehead atoms. The number of carbonyl (C=O) groups excluding carboxylic acids is 2. The van der Waals surface area contributed by atoms with Gasteiger partial charge < -0.3 is 25.8 Å². The van der Waals surface area contributed by atoms with Gasteiger partial charge in [0.15, 0.2) is 6.61 Å². The van der Waals surface area contributed by atoms with E-state index in [9.17, 15) is 9.59 Å². The van der Waals surface area contributed by atoms with Crippen LogP contribution >= 0.6 is 12.4 Å². The first-order chi connectivity index (χ1) is 12.1. The van der Waals surface area contributed by atoms with Gasteiger partial charge in [0.05, 0.1) is 6.10 Å². The van der Waals surface area contributed by atoms with Gasteiger partial charge in [0.1, 0.15) is 5.75 Å². The summed E-state index contributed by atoms with van der Waals surface area (Å²) in [6, 6.07) is 7.32. The molecule has 1 aromatic rings. The summed E-state index contributed by atoms with van der Waals surface area (Å²) in [6.07, 6.45) is 2.13. The second-order valence-electron chi connectivity index (χ2n) is 6.19. The summed E-state index contributed by atoms with van der Waals surface area (Å²) in [5.74, 6) is 0.0461. The molecule has 1 aliphatic rings. The number of benzene rings is 1. The maximum atomic E-state index is 11.9. The molecule has 2 unspecified atom stereocenters. The summed E-state index contributed by atoms with van der Waals surface area (Å²) in [5.41, 5.74) is 6.30. The first kappa shape index (κ1) is 22.2. The summed E-state index contributed by atoms with van der Waals surface area (Å²) in [6.45, 7) is 3.61. The van der Waals surface area contributed by atoms with Crippen molar-refractivity contribution in [3.8, 4) is 5.75 Å². The Morgan fingerprint density at radius 2 is 2.12 bits per heavy atom. The third-order valence-corrected chi connectivity index (χ3v) is 4.14. The van der Waals surface area contributed by atoms with Crippen molar-refractivity contribution in [1.29, 1.82) is 0 Å². The number of hydrogen-bond donors (Lipinski definition) is 3. The number of hydrogen-bond acceptors (Lipinski definition) is 5. The summed E-state index contributed by atoms with van der Waals surface area (Å²) in [5, 5.41) is 5.64. The van der Waals surface area contributed by atoms with Crippen molar-refractivity contribution < 1.29 is 19.1 Å². The van der Waals surface area contributed by atoms with Crippen LogP contribution in [0.25, 0.3) is 0 Å². The van der Waals surface area contributed by atoms with E-state index in [2.05, 4.69) is 10.6 Å². The number of amides is 2. The molecule has 1 heterocycles. The fourth-order valence-electron chi connectivity index (χ4n) is 2.48. The predicted molar refractivity (Wildman–Crippen MR) is 101 cm³/mol. The van der Waals surface area contributed by atoms with E-state index >= 15 is 0 Å². The van der Waals surface area contributed by atoms with Crippen LogP contribution in [0, 0.1) is 5.92 Å². The monoisotopic (exact) mass is 385 g/mol. The average molecular weight is 386 g/mol. The zero-order valence-corrected chi connectivity index (χ0v) is 15.8. The fourth-order valence-corrected chi connectivity index (χ4v) is 2.48. The van der Waals surface area contributed by atoms with E-state index in [0.717, 1.165) is 25.0 Å². The van der Waals surface area contributed by atoms with Gasteiger partial charge in [-0.3, -0.25) is 9.59 Å². The van der Waals surface area contributed by atoms with Crippen molar-refractivity contribution in [2.24, 2.45) is 11.7 Å². The van der Waals surface area contributed by atoms with Crippen molar-refractivity contribution in [3.05, 3.63) is 29.8 Å². The Kier molecular flexibility index (Phi) is 10.0. The van der Waals surface area contributed by atoms with Gasteiger partial charge in [0.25, 0.3) is 5.91 Å². The van der Waals surface area contributed by atoms with Crippen LogP contribution in [-0.4, -0.2) is 44.2 Å². The smallest absolute Gasteiger partial charge is 0.258 e. The zero-order chi connectivity index (χ0) is 18.1. The molecule has 1 aromatic carbocycles. The lowest BCUT2D eigenvalue weighted by atomic mass is 10.1. The van der Waals surface area contributed by atoms with Gasteiger partial charge in [-0.05, 0) is 18.9 Å². The van der Waals surface area contributed by atoms with E-state index < -0.39 is 0 Å². The highest BCUT2D eigenvalue weighted by Gasteiger charge is 2.16. The largest absolute Gasteiger partial charge is 0.483 e. The number of para-hydroxylation sites is 1. The first-order valence-corrected chi connectivity index (χ1v) is 8.67. The maximum absolute atomic E-state index is 11.9. The highest BCUT2D eigenvalue weighted by molar-refractivity contribution is 5.85.